The van der Waals surface area contributed by atoms with Crippen LogP contribution in [0.15, 0.2) is 10.6 Å². The molecule has 9 heavy (non-hydrogen) atoms. The van der Waals surface area contributed by atoms with Gasteiger partial charge in [-0.05, 0) is 30.1 Å². The molecular weight excluding hydrogens is 154 g/mol. The Morgan fingerprint density at radius 3 is 3.11 bits per heavy atom. The van der Waals surface area contributed by atoms with Gasteiger partial charge in [0.05, 0.1) is 16.7 Å². The van der Waals surface area contributed by atoms with E-state index in [0.29, 0.717) is 0 Å². The molecule has 0 unspecified atom stereocenters. The van der Waals surface area contributed by atoms with Gasteiger partial charge in [0.15, 0.2) is 0 Å². The Kier molecular flexibility index (Phi) is 1.39. The van der Waals surface area contributed by atoms with Crippen molar-refractivity contribution in [1.29, 1.82) is 0 Å². The molecule has 4 heteroatoms. The predicted molar refractivity (Wildman–Crippen MR) is 39.7 cm³/mol. The van der Waals surface area contributed by atoms with Crippen LogP contribution >= 0.6 is 21.8 Å². The molecule has 0 aromatic carbocycles. The Balaban J connectivity index is 2.24. The lowest BCUT2D eigenvalue weighted by Gasteiger charge is -2.07. The van der Waals surface area contributed by atoms with Gasteiger partial charge in [-0.25, -0.2) is 0 Å². The molecule has 0 aromatic rings. The Labute approximate surface area is 61.8 Å². The molecule has 0 atom stereocenters. The van der Waals surface area contributed by atoms with E-state index in [4.69, 9.17) is 5.21 Å². The van der Waals surface area contributed by atoms with E-state index in [1.165, 1.54) is 33.2 Å². The van der Waals surface area contributed by atoms with Gasteiger partial charge in [0.25, 0.3) is 0 Å². The van der Waals surface area contributed by atoms with Crippen LogP contribution in [0.2, 0.25) is 0 Å². The Bertz CT molecular complexity index is 168. The van der Waals surface area contributed by atoms with E-state index in [1.54, 1.807) is 10.8 Å². The standard InChI is InChI=1S/C5H7NOS2/c7-6-4-2-1-3-5(4)8-9-6/h7H,1-3H2. The maximum absolute atomic E-state index is 9.12. The van der Waals surface area contributed by atoms with Crippen LogP contribution in [-0.2, 0) is 0 Å². The van der Waals surface area contributed by atoms with Gasteiger partial charge in [0.2, 0.25) is 0 Å². The van der Waals surface area contributed by atoms with E-state index in [9.17, 15) is 0 Å². The van der Waals surface area contributed by atoms with Gasteiger partial charge in [0.1, 0.15) is 0 Å². The largest absolute Gasteiger partial charge is 0.277 e. The molecule has 50 valence electrons. The van der Waals surface area contributed by atoms with Crippen LogP contribution in [0.3, 0.4) is 0 Å². The van der Waals surface area contributed by atoms with Gasteiger partial charge in [-0.1, -0.05) is 0 Å². The Hall–Kier alpha value is 0.200. The molecule has 0 saturated carbocycles. The van der Waals surface area contributed by atoms with Crippen LogP contribution < -0.4 is 0 Å². The average Bonchev–Trinajstić information content (AvgIpc) is 2.35. The second-order valence-corrected chi connectivity index (χ2v) is 4.26. The highest BCUT2D eigenvalue weighted by molar-refractivity contribution is 8.77. The smallest absolute Gasteiger partial charge is 0.0651 e. The molecule has 2 aliphatic rings. The van der Waals surface area contributed by atoms with Crippen molar-refractivity contribution in [3.63, 3.8) is 0 Å². The SMILES string of the molecule is ON1SSC2=C1CCC2. The van der Waals surface area contributed by atoms with Crippen molar-refractivity contribution in [3.8, 4) is 0 Å². The number of hydrogen-bond acceptors (Lipinski definition) is 4. The van der Waals surface area contributed by atoms with Gasteiger partial charge in [-0.15, -0.1) is 0 Å². The summed E-state index contributed by atoms with van der Waals surface area (Å²) < 4.78 is 1.30. The number of allylic oxidation sites excluding steroid dienone is 2. The van der Waals surface area contributed by atoms with Crippen molar-refractivity contribution in [2.24, 2.45) is 0 Å². The summed E-state index contributed by atoms with van der Waals surface area (Å²) in [7, 11) is 3.11. The normalized spacial score (nSPS) is 25.7. The lowest BCUT2D eigenvalue weighted by Crippen LogP contribution is -2.02. The first kappa shape index (κ1) is 5.95. The topological polar surface area (TPSA) is 23.5 Å². The van der Waals surface area contributed by atoms with Gasteiger partial charge < -0.3 is 0 Å². The van der Waals surface area contributed by atoms with E-state index in [2.05, 4.69) is 0 Å². The summed E-state index contributed by atoms with van der Waals surface area (Å²) in [6, 6.07) is 0. The molecule has 1 aliphatic carbocycles. The zero-order chi connectivity index (χ0) is 6.27. The fourth-order valence-electron chi connectivity index (χ4n) is 1.12. The number of rotatable bonds is 0. The fourth-order valence-corrected chi connectivity index (χ4v) is 3.43. The first-order valence-electron chi connectivity index (χ1n) is 2.93. The highest BCUT2D eigenvalue weighted by atomic mass is 33.1. The molecule has 0 amide bonds. The van der Waals surface area contributed by atoms with Gasteiger partial charge in [-0.2, -0.15) is 4.47 Å². The minimum absolute atomic E-state index is 1.06. The predicted octanol–water partition coefficient (Wildman–Crippen LogP) is 2.38. The van der Waals surface area contributed by atoms with E-state index in [1.807, 2.05) is 0 Å². The van der Waals surface area contributed by atoms with Crippen molar-refractivity contribution < 1.29 is 5.21 Å². The van der Waals surface area contributed by atoms with Crippen molar-refractivity contribution in [2.75, 3.05) is 0 Å². The first-order chi connectivity index (χ1) is 4.38. The number of hydrogen-bond donors (Lipinski definition) is 1. The molecular formula is C5H7NOS2. The Morgan fingerprint density at radius 2 is 2.33 bits per heavy atom. The summed E-state index contributed by atoms with van der Waals surface area (Å²) in [5.74, 6) is 0. The zero-order valence-corrected chi connectivity index (χ0v) is 6.47. The number of hydroxylamine groups is 1. The molecule has 1 heterocycles. The molecule has 2 nitrogen and oxygen atoms in total. The van der Waals surface area contributed by atoms with Crippen LogP contribution in [0.5, 0.6) is 0 Å². The van der Waals surface area contributed by atoms with Gasteiger partial charge in [0, 0.05) is 4.91 Å². The second-order valence-electron chi connectivity index (χ2n) is 2.15. The maximum atomic E-state index is 9.12. The van der Waals surface area contributed by atoms with Crippen LogP contribution in [0, 0.1) is 0 Å². The molecule has 0 aromatic heterocycles. The Morgan fingerprint density at radius 1 is 1.44 bits per heavy atom. The van der Waals surface area contributed by atoms with E-state index in [0.717, 1.165) is 12.1 Å². The van der Waals surface area contributed by atoms with E-state index < -0.39 is 0 Å². The summed E-state index contributed by atoms with van der Waals surface area (Å²) in [6.07, 6.45) is 3.45. The van der Waals surface area contributed by atoms with Crippen molar-refractivity contribution in [2.45, 2.75) is 19.3 Å². The quantitative estimate of drug-likeness (QED) is 0.435. The van der Waals surface area contributed by atoms with E-state index >= 15 is 0 Å². The van der Waals surface area contributed by atoms with Crippen LogP contribution in [0.1, 0.15) is 19.3 Å². The minimum Gasteiger partial charge on any atom is -0.277 e. The third kappa shape index (κ3) is 0.855. The van der Waals surface area contributed by atoms with Crippen molar-refractivity contribution in [1.82, 2.24) is 4.47 Å². The average molecular weight is 161 g/mol. The van der Waals surface area contributed by atoms with Gasteiger partial charge in [-0.3, -0.25) is 5.21 Å². The van der Waals surface area contributed by atoms with Crippen LogP contribution in [0.25, 0.3) is 0 Å². The lowest BCUT2D eigenvalue weighted by molar-refractivity contribution is 0.0540. The highest BCUT2D eigenvalue weighted by Gasteiger charge is 2.26. The molecule has 0 radical (unpaired) electrons. The van der Waals surface area contributed by atoms with Crippen LogP contribution in [-0.4, -0.2) is 9.68 Å². The molecule has 2 rings (SSSR count). The molecule has 0 saturated heterocycles. The molecule has 1 N–H and O–H groups in total. The first-order valence-corrected chi connectivity index (χ1v) is 5.04. The maximum Gasteiger partial charge on any atom is 0.0651 e. The van der Waals surface area contributed by atoms with Crippen molar-refractivity contribution in [3.05, 3.63) is 10.6 Å². The highest BCUT2D eigenvalue weighted by Crippen LogP contribution is 2.51. The molecule has 0 bridgehead atoms. The summed E-state index contributed by atoms with van der Waals surface area (Å²) in [5.41, 5.74) is 1.14. The number of nitrogens with zero attached hydrogens (tertiary/aromatic N) is 1. The summed E-state index contributed by atoms with van der Waals surface area (Å²) >= 11 is 0. The van der Waals surface area contributed by atoms with E-state index in [-0.39, 0.29) is 0 Å². The molecule has 0 spiro atoms. The minimum atomic E-state index is 1.06. The monoisotopic (exact) mass is 161 g/mol. The zero-order valence-electron chi connectivity index (χ0n) is 4.83. The van der Waals surface area contributed by atoms with Gasteiger partial charge >= 0.3 is 0 Å². The summed E-state index contributed by atoms with van der Waals surface area (Å²) in [4.78, 5) is 1.38. The summed E-state index contributed by atoms with van der Waals surface area (Å²) in [6.45, 7) is 0. The summed E-state index contributed by atoms with van der Waals surface area (Å²) in [5, 5.41) is 9.12. The third-order valence-electron chi connectivity index (χ3n) is 1.58. The second kappa shape index (κ2) is 2.11. The lowest BCUT2D eigenvalue weighted by atomic mass is 10.3. The third-order valence-corrected chi connectivity index (χ3v) is 3.91. The van der Waals surface area contributed by atoms with Crippen LogP contribution in [0.4, 0.5) is 0 Å². The van der Waals surface area contributed by atoms with Crippen molar-refractivity contribution >= 4 is 21.8 Å². The molecule has 0 fully saturated rings. The fraction of sp³-hybridized carbons (Fsp3) is 0.600. The molecule has 1 aliphatic heterocycles.